The number of amides is 1. The molecule has 1 heterocycles. The van der Waals surface area contributed by atoms with E-state index in [9.17, 15) is 18.0 Å². The number of nitrogens with zero attached hydrogens (tertiary/aromatic N) is 2. The van der Waals surface area contributed by atoms with Crippen molar-refractivity contribution < 1.29 is 18.0 Å². The van der Waals surface area contributed by atoms with Crippen LogP contribution in [0, 0.1) is 0 Å². The number of alkyl halides is 3. The Morgan fingerprint density at radius 1 is 1.30 bits per heavy atom. The maximum Gasteiger partial charge on any atom is 0.416 e. The zero-order valence-electron chi connectivity index (χ0n) is 13.1. The molecule has 1 N–H and O–H groups in total. The molecule has 2 rings (SSSR count). The van der Waals surface area contributed by atoms with Crippen LogP contribution in [0.5, 0.6) is 0 Å². The van der Waals surface area contributed by atoms with Crippen LogP contribution in [0.25, 0.3) is 11.3 Å². The van der Waals surface area contributed by atoms with E-state index in [-0.39, 0.29) is 11.9 Å². The molecule has 23 heavy (non-hydrogen) atoms. The summed E-state index contributed by atoms with van der Waals surface area (Å²) in [5, 5.41) is 6.99. The maximum absolute atomic E-state index is 12.8. The van der Waals surface area contributed by atoms with Crippen LogP contribution < -0.4 is 5.32 Å². The highest BCUT2D eigenvalue weighted by molar-refractivity contribution is 5.93. The zero-order chi connectivity index (χ0) is 17.2. The molecular weight excluding hydrogens is 307 g/mol. The Kier molecular flexibility index (Phi) is 4.77. The van der Waals surface area contributed by atoms with Crippen molar-refractivity contribution in [2.75, 3.05) is 0 Å². The van der Waals surface area contributed by atoms with Gasteiger partial charge in [0, 0.05) is 18.2 Å². The number of nitrogens with one attached hydrogen (secondary N) is 1. The average Bonchev–Trinajstić information content (AvgIpc) is 2.90. The molecule has 1 amide bonds. The average molecular weight is 325 g/mol. The second-order valence-corrected chi connectivity index (χ2v) is 5.44. The van der Waals surface area contributed by atoms with Crippen LogP contribution in [0.4, 0.5) is 13.2 Å². The first-order valence-corrected chi connectivity index (χ1v) is 7.28. The molecule has 0 atom stereocenters. The molecule has 0 bridgehead atoms. The predicted octanol–water partition coefficient (Wildman–Crippen LogP) is 3.73. The minimum absolute atomic E-state index is 0.0419. The van der Waals surface area contributed by atoms with E-state index in [0.717, 1.165) is 12.1 Å². The number of hydrogen-bond acceptors (Lipinski definition) is 2. The molecule has 0 fully saturated rings. The quantitative estimate of drug-likeness (QED) is 0.931. The van der Waals surface area contributed by atoms with Gasteiger partial charge in [-0.05, 0) is 39.0 Å². The standard InChI is InChI=1S/C16H18F3N3O/c1-4-22-14(15(23)20-10(2)3)9-13(21-22)11-6-5-7-12(8-11)16(17,18)19/h5-10H,4H2,1-3H3,(H,20,23). The molecule has 1 aromatic carbocycles. The van der Waals surface area contributed by atoms with Gasteiger partial charge in [0.05, 0.1) is 11.3 Å². The van der Waals surface area contributed by atoms with Gasteiger partial charge in [-0.1, -0.05) is 12.1 Å². The largest absolute Gasteiger partial charge is 0.416 e. The van der Waals surface area contributed by atoms with E-state index in [2.05, 4.69) is 10.4 Å². The lowest BCUT2D eigenvalue weighted by atomic mass is 10.1. The summed E-state index contributed by atoms with van der Waals surface area (Å²) in [6.45, 7) is 5.92. The number of halogens is 3. The van der Waals surface area contributed by atoms with Crippen LogP contribution in [0.1, 0.15) is 36.8 Å². The number of carbonyl (C=O) groups is 1. The van der Waals surface area contributed by atoms with Gasteiger partial charge in [-0.3, -0.25) is 9.48 Å². The summed E-state index contributed by atoms with van der Waals surface area (Å²) >= 11 is 0. The van der Waals surface area contributed by atoms with Gasteiger partial charge in [-0.2, -0.15) is 18.3 Å². The third-order valence-corrected chi connectivity index (χ3v) is 3.22. The fourth-order valence-corrected chi connectivity index (χ4v) is 2.17. The summed E-state index contributed by atoms with van der Waals surface area (Å²) < 4.78 is 39.9. The van der Waals surface area contributed by atoms with Gasteiger partial charge in [-0.15, -0.1) is 0 Å². The number of carbonyl (C=O) groups excluding carboxylic acids is 1. The van der Waals surface area contributed by atoms with Gasteiger partial charge in [0.2, 0.25) is 0 Å². The monoisotopic (exact) mass is 325 g/mol. The van der Waals surface area contributed by atoms with Crippen molar-refractivity contribution in [3.63, 3.8) is 0 Å². The molecule has 0 unspecified atom stereocenters. The summed E-state index contributed by atoms with van der Waals surface area (Å²) in [5.41, 5.74) is 0.250. The zero-order valence-corrected chi connectivity index (χ0v) is 13.1. The SMILES string of the molecule is CCn1nc(-c2cccc(C(F)(F)F)c2)cc1C(=O)NC(C)C. The van der Waals surface area contributed by atoms with E-state index in [1.807, 2.05) is 20.8 Å². The predicted molar refractivity (Wildman–Crippen MR) is 80.9 cm³/mol. The molecule has 4 nitrogen and oxygen atoms in total. The van der Waals surface area contributed by atoms with E-state index in [1.54, 1.807) is 6.07 Å². The summed E-state index contributed by atoms with van der Waals surface area (Å²) in [5.74, 6) is -0.299. The Hall–Kier alpha value is -2.31. The van der Waals surface area contributed by atoms with Crippen molar-refractivity contribution in [3.8, 4) is 11.3 Å². The van der Waals surface area contributed by atoms with Crippen LogP contribution in [0.2, 0.25) is 0 Å². The minimum atomic E-state index is -4.42. The first kappa shape index (κ1) is 17.1. The molecule has 7 heteroatoms. The van der Waals surface area contributed by atoms with Crippen LogP contribution in [0.3, 0.4) is 0 Å². The van der Waals surface area contributed by atoms with Gasteiger partial charge in [-0.25, -0.2) is 0 Å². The van der Waals surface area contributed by atoms with E-state index in [1.165, 1.54) is 16.8 Å². The normalized spacial score (nSPS) is 11.8. The molecule has 1 aromatic heterocycles. The smallest absolute Gasteiger partial charge is 0.349 e. The van der Waals surface area contributed by atoms with Crippen molar-refractivity contribution in [1.29, 1.82) is 0 Å². The molecule has 2 aromatic rings. The summed E-state index contributed by atoms with van der Waals surface area (Å²) in [7, 11) is 0. The van der Waals surface area contributed by atoms with E-state index in [4.69, 9.17) is 0 Å². The molecule has 124 valence electrons. The topological polar surface area (TPSA) is 46.9 Å². The number of hydrogen-bond donors (Lipinski definition) is 1. The lowest BCUT2D eigenvalue weighted by molar-refractivity contribution is -0.137. The van der Waals surface area contributed by atoms with Crippen molar-refractivity contribution in [3.05, 3.63) is 41.6 Å². The van der Waals surface area contributed by atoms with Crippen molar-refractivity contribution in [2.24, 2.45) is 0 Å². The Morgan fingerprint density at radius 3 is 2.57 bits per heavy atom. The van der Waals surface area contributed by atoms with E-state index < -0.39 is 11.7 Å². The molecule has 0 radical (unpaired) electrons. The highest BCUT2D eigenvalue weighted by atomic mass is 19.4. The van der Waals surface area contributed by atoms with Crippen molar-refractivity contribution in [2.45, 2.75) is 39.5 Å². The van der Waals surface area contributed by atoms with E-state index in [0.29, 0.717) is 23.5 Å². The Morgan fingerprint density at radius 2 is 2.00 bits per heavy atom. The highest BCUT2D eigenvalue weighted by Crippen LogP contribution is 2.32. The summed E-state index contributed by atoms with van der Waals surface area (Å²) in [6, 6.07) is 6.38. The van der Waals surface area contributed by atoms with Crippen LogP contribution in [-0.4, -0.2) is 21.7 Å². The molecule has 0 spiro atoms. The molecule has 0 aliphatic rings. The molecule has 0 saturated carbocycles. The first-order chi connectivity index (χ1) is 10.7. The van der Waals surface area contributed by atoms with Gasteiger partial charge in [0.15, 0.2) is 0 Å². The fourth-order valence-electron chi connectivity index (χ4n) is 2.17. The second kappa shape index (κ2) is 6.44. The van der Waals surface area contributed by atoms with Crippen molar-refractivity contribution >= 4 is 5.91 Å². The third-order valence-electron chi connectivity index (χ3n) is 3.22. The maximum atomic E-state index is 12.8. The van der Waals surface area contributed by atoms with Gasteiger partial charge >= 0.3 is 6.18 Å². The van der Waals surface area contributed by atoms with Crippen molar-refractivity contribution in [1.82, 2.24) is 15.1 Å². The second-order valence-electron chi connectivity index (χ2n) is 5.44. The Bertz CT molecular complexity index is 705. The van der Waals surface area contributed by atoms with Gasteiger partial charge < -0.3 is 5.32 Å². The van der Waals surface area contributed by atoms with Gasteiger partial charge in [0.1, 0.15) is 5.69 Å². The number of aryl methyl sites for hydroxylation is 1. The van der Waals surface area contributed by atoms with E-state index >= 15 is 0 Å². The Labute approximate surface area is 132 Å². The minimum Gasteiger partial charge on any atom is -0.349 e. The van der Waals surface area contributed by atoms with Crippen LogP contribution in [0.15, 0.2) is 30.3 Å². The fraction of sp³-hybridized carbons (Fsp3) is 0.375. The summed E-state index contributed by atoms with van der Waals surface area (Å²) in [6.07, 6.45) is -4.42. The van der Waals surface area contributed by atoms with Crippen LogP contribution >= 0.6 is 0 Å². The number of rotatable bonds is 4. The van der Waals surface area contributed by atoms with Gasteiger partial charge in [0.25, 0.3) is 5.91 Å². The molecule has 0 aliphatic heterocycles. The van der Waals surface area contributed by atoms with Crippen LogP contribution in [-0.2, 0) is 12.7 Å². The lowest BCUT2D eigenvalue weighted by Crippen LogP contribution is -2.31. The lowest BCUT2D eigenvalue weighted by Gasteiger charge is -2.08. The molecule has 0 saturated heterocycles. The molecule has 0 aliphatic carbocycles. The first-order valence-electron chi connectivity index (χ1n) is 7.28. The third kappa shape index (κ3) is 3.91. The highest BCUT2D eigenvalue weighted by Gasteiger charge is 2.30. The molecular formula is C16H18F3N3O. The number of aromatic nitrogens is 2. The summed E-state index contributed by atoms with van der Waals surface area (Å²) in [4.78, 5) is 12.2. The number of benzene rings is 1. The Balaban J connectivity index is 2.42.